The van der Waals surface area contributed by atoms with Crippen LogP contribution in [0.4, 0.5) is 17.6 Å². The summed E-state index contributed by atoms with van der Waals surface area (Å²) >= 11 is 2.23. The molecule has 0 spiro atoms. The number of piperidine rings is 1. The minimum Gasteiger partial charge on any atom is -0.487 e. The minimum absolute atomic E-state index is 0.300. The number of halogens is 5. The summed E-state index contributed by atoms with van der Waals surface area (Å²) in [4.78, 5) is 8.90. The second-order valence-electron chi connectivity index (χ2n) is 4.42. The molecular weight excluding hydrogens is 421 g/mol. The van der Waals surface area contributed by atoms with E-state index in [9.17, 15) is 17.6 Å². The third kappa shape index (κ3) is 6.77. The van der Waals surface area contributed by atoms with Gasteiger partial charge in [-0.1, -0.05) is 0 Å². The monoisotopic (exact) mass is 435 g/mol. The molecule has 2 atom stereocenters. The predicted octanol–water partition coefficient (Wildman–Crippen LogP) is 3.00. The molecular formula is C13H14F4INO3. The number of benzene rings is 1. The van der Waals surface area contributed by atoms with Crippen molar-refractivity contribution in [3.05, 3.63) is 27.8 Å². The second kappa shape index (κ2) is 8.51. The topological polar surface area (TPSA) is 58.6 Å². The van der Waals surface area contributed by atoms with Crippen LogP contribution in [0.2, 0.25) is 0 Å². The fraction of sp³-hybridized carbons (Fsp3) is 0.462. The van der Waals surface area contributed by atoms with Gasteiger partial charge < -0.3 is 15.2 Å². The van der Waals surface area contributed by atoms with E-state index >= 15 is 0 Å². The number of hydrogen-bond acceptors (Lipinski definition) is 3. The van der Waals surface area contributed by atoms with Gasteiger partial charge in [-0.2, -0.15) is 13.2 Å². The summed E-state index contributed by atoms with van der Waals surface area (Å²) in [6.45, 7) is 1.23. The molecule has 1 heterocycles. The van der Waals surface area contributed by atoms with Crippen LogP contribution in [0.5, 0.6) is 5.75 Å². The number of carboxylic acids is 1. The number of ether oxygens (including phenoxy) is 1. The number of alkyl halides is 4. The van der Waals surface area contributed by atoms with E-state index in [2.05, 4.69) is 27.9 Å². The summed E-state index contributed by atoms with van der Waals surface area (Å²) in [6, 6.07) is 7.70. The predicted molar refractivity (Wildman–Crippen MR) is 79.6 cm³/mol. The van der Waals surface area contributed by atoms with Gasteiger partial charge in [-0.15, -0.1) is 0 Å². The average molecular weight is 435 g/mol. The standard InChI is InChI=1S/C11H13FINO.C2HF3O2/c12-10-7-14-6-5-11(10)15-9-3-1-8(13)2-4-9;3-2(4,5)1(6)7/h1-4,10-11,14H,5-7H2;(H,6,7). The number of aliphatic carboxylic acids is 1. The van der Waals surface area contributed by atoms with Crippen LogP contribution in [0.1, 0.15) is 6.42 Å². The van der Waals surface area contributed by atoms with Crippen LogP contribution in [0, 0.1) is 3.57 Å². The maximum Gasteiger partial charge on any atom is 0.490 e. The van der Waals surface area contributed by atoms with Crippen LogP contribution in [-0.4, -0.2) is 42.6 Å². The molecule has 0 aliphatic carbocycles. The Morgan fingerprint density at radius 1 is 1.32 bits per heavy atom. The Balaban J connectivity index is 0.000000295. The van der Waals surface area contributed by atoms with E-state index in [-0.39, 0.29) is 6.10 Å². The maximum atomic E-state index is 13.4. The van der Waals surface area contributed by atoms with Crippen molar-refractivity contribution in [2.45, 2.75) is 24.9 Å². The van der Waals surface area contributed by atoms with Gasteiger partial charge in [0.05, 0.1) is 0 Å². The lowest BCUT2D eigenvalue weighted by atomic mass is 10.1. The Morgan fingerprint density at radius 2 is 1.86 bits per heavy atom. The average Bonchev–Trinajstić information content (AvgIpc) is 2.43. The zero-order valence-corrected chi connectivity index (χ0v) is 13.4. The molecule has 2 unspecified atom stereocenters. The molecule has 0 amide bonds. The first-order chi connectivity index (χ1) is 10.2. The summed E-state index contributed by atoms with van der Waals surface area (Å²) in [5, 5.41) is 10.1. The van der Waals surface area contributed by atoms with Crippen LogP contribution < -0.4 is 10.1 Å². The van der Waals surface area contributed by atoms with E-state index in [1.807, 2.05) is 24.3 Å². The largest absolute Gasteiger partial charge is 0.490 e. The molecule has 2 N–H and O–H groups in total. The molecule has 2 rings (SSSR count). The van der Waals surface area contributed by atoms with E-state index in [4.69, 9.17) is 14.6 Å². The highest BCUT2D eigenvalue weighted by atomic mass is 127. The number of carboxylic acid groups (broad SMARTS) is 1. The molecule has 0 aromatic heterocycles. The van der Waals surface area contributed by atoms with Crippen LogP contribution in [0.3, 0.4) is 0 Å². The molecule has 22 heavy (non-hydrogen) atoms. The number of rotatable bonds is 2. The Hall–Kier alpha value is -1.10. The number of hydrogen-bond donors (Lipinski definition) is 2. The van der Waals surface area contributed by atoms with E-state index in [1.165, 1.54) is 0 Å². The molecule has 1 aliphatic heterocycles. The molecule has 9 heteroatoms. The lowest BCUT2D eigenvalue weighted by molar-refractivity contribution is -0.192. The normalized spacial score (nSPS) is 21.5. The van der Waals surface area contributed by atoms with Gasteiger partial charge in [0.15, 0.2) is 0 Å². The van der Waals surface area contributed by atoms with E-state index in [0.29, 0.717) is 6.54 Å². The van der Waals surface area contributed by atoms with Crippen molar-refractivity contribution >= 4 is 28.6 Å². The third-order valence-corrected chi connectivity index (χ3v) is 3.41. The zero-order valence-electron chi connectivity index (χ0n) is 11.2. The molecule has 1 aromatic rings. The van der Waals surface area contributed by atoms with Crippen molar-refractivity contribution in [3.8, 4) is 5.75 Å². The SMILES string of the molecule is FC1CNCCC1Oc1ccc(I)cc1.O=C(O)C(F)(F)F. The van der Waals surface area contributed by atoms with Gasteiger partial charge in [0, 0.05) is 10.1 Å². The lowest BCUT2D eigenvalue weighted by Crippen LogP contribution is -2.44. The summed E-state index contributed by atoms with van der Waals surface area (Å²) < 4.78 is 51.9. The molecule has 0 saturated carbocycles. The van der Waals surface area contributed by atoms with Gasteiger partial charge in [0.2, 0.25) is 0 Å². The molecule has 1 aliphatic rings. The van der Waals surface area contributed by atoms with Crippen molar-refractivity contribution < 1.29 is 32.2 Å². The van der Waals surface area contributed by atoms with Gasteiger partial charge in [-0.25, -0.2) is 9.18 Å². The van der Waals surface area contributed by atoms with Gasteiger partial charge in [-0.05, 0) is 59.8 Å². The van der Waals surface area contributed by atoms with Crippen molar-refractivity contribution in [3.63, 3.8) is 0 Å². The van der Waals surface area contributed by atoms with Crippen molar-refractivity contribution in [2.75, 3.05) is 13.1 Å². The third-order valence-electron chi connectivity index (χ3n) is 2.69. The first-order valence-corrected chi connectivity index (χ1v) is 7.35. The van der Waals surface area contributed by atoms with Crippen LogP contribution in [0.25, 0.3) is 0 Å². The number of carbonyl (C=O) groups is 1. The van der Waals surface area contributed by atoms with Crippen molar-refractivity contribution in [2.24, 2.45) is 0 Å². The molecule has 0 radical (unpaired) electrons. The second-order valence-corrected chi connectivity index (χ2v) is 5.67. The molecule has 0 bridgehead atoms. The van der Waals surface area contributed by atoms with Crippen LogP contribution >= 0.6 is 22.6 Å². The Labute approximate surface area is 138 Å². The van der Waals surface area contributed by atoms with Crippen molar-refractivity contribution in [1.29, 1.82) is 0 Å². The highest BCUT2D eigenvalue weighted by Crippen LogP contribution is 2.19. The Morgan fingerprint density at radius 3 is 2.32 bits per heavy atom. The van der Waals surface area contributed by atoms with Gasteiger partial charge >= 0.3 is 12.1 Å². The fourth-order valence-corrected chi connectivity index (χ4v) is 1.98. The molecule has 1 saturated heterocycles. The van der Waals surface area contributed by atoms with E-state index in [0.717, 1.165) is 22.3 Å². The van der Waals surface area contributed by atoms with Crippen LogP contribution in [-0.2, 0) is 4.79 Å². The lowest BCUT2D eigenvalue weighted by Gasteiger charge is -2.27. The van der Waals surface area contributed by atoms with Crippen molar-refractivity contribution in [1.82, 2.24) is 5.32 Å². The van der Waals surface area contributed by atoms with Gasteiger partial charge in [0.25, 0.3) is 0 Å². The molecule has 124 valence electrons. The summed E-state index contributed by atoms with van der Waals surface area (Å²) in [6.07, 6.45) is -5.56. The fourth-order valence-electron chi connectivity index (χ4n) is 1.62. The van der Waals surface area contributed by atoms with E-state index in [1.54, 1.807) is 0 Å². The van der Waals surface area contributed by atoms with Gasteiger partial charge in [0.1, 0.15) is 18.0 Å². The smallest absolute Gasteiger partial charge is 0.487 e. The number of nitrogens with one attached hydrogen (secondary N) is 1. The zero-order chi connectivity index (χ0) is 16.8. The molecule has 1 aromatic carbocycles. The van der Waals surface area contributed by atoms with Crippen LogP contribution in [0.15, 0.2) is 24.3 Å². The van der Waals surface area contributed by atoms with Gasteiger partial charge in [-0.3, -0.25) is 0 Å². The molecule has 4 nitrogen and oxygen atoms in total. The first-order valence-electron chi connectivity index (χ1n) is 6.27. The molecule has 1 fully saturated rings. The quantitative estimate of drug-likeness (QED) is 0.554. The highest BCUT2D eigenvalue weighted by molar-refractivity contribution is 14.1. The summed E-state index contributed by atoms with van der Waals surface area (Å²) in [7, 11) is 0. The Kier molecular flexibility index (Phi) is 7.33. The maximum absolute atomic E-state index is 13.4. The summed E-state index contributed by atoms with van der Waals surface area (Å²) in [5.74, 6) is -2.00. The highest BCUT2D eigenvalue weighted by Gasteiger charge is 2.38. The Bertz CT molecular complexity index is 481. The summed E-state index contributed by atoms with van der Waals surface area (Å²) in [5.41, 5.74) is 0. The minimum atomic E-state index is -5.08. The first kappa shape index (κ1) is 18.9. The van der Waals surface area contributed by atoms with E-state index < -0.39 is 18.3 Å².